The molecule has 2 unspecified atom stereocenters. The van der Waals surface area contributed by atoms with E-state index in [1.165, 1.54) is 44.3 Å². The summed E-state index contributed by atoms with van der Waals surface area (Å²) in [5.41, 5.74) is 9.31. The van der Waals surface area contributed by atoms with Crippen LogP contribution in [-0.2, 0) is 0 Å². The van der Waals surface area contributed by atoms with Crippen LogP contribution in [0.3, 0.4) is 0 Å². The fourth-order valence-corrected chi connectivity index (χ4v) is 3.43. The van der Waals surface area contributed by atoms with Gasteiger partial charge in [0, 0.05) is 18.6 Å². The lowest BCUT2D eigenvalue weighted by Gasteiger charge is -2.33. The van der Waals surface area contributed by atoms with Gasteiger partial charge in [0.05, 0.1) is 11.4 Å². The van der Waals surface area contributed by atoms with Gasteiger partial charge in [-0.15, -0.1) is 0 Å². The summed E-state index contributed by atoms with van der Waals surface area (Å²) < 4.78 is 0. The number of hydrogen-bond donors (Lipinski definition) is 2. The number of nitrogen functional groups attached to an aromatic ring is 1. The van der Waals surface area contributed by atoms with Gasteiger partial charge in [0.25, 0.3) is 0 Å². The van der Waals surface area contributed by atoms with Crippen molar-refractivity contribution in [3.63, 3.8) is 0 Å². The van der Waals surface area contributed by atoms with Gasteiger partial charge in [-0.05, 0) is 50.4 Å². The van der Waals surface area contributed by atoms with Crippen LogP contribution in [0.1, 0.15) is 31.2 Å². The number of benzene rings is 1. The van der Waals surface area contributed by atoms with Crippen LogP contribution in [0.2, 0.25) is 0 Å². The first-order valence-electron chi connectivity index (χ1n) is 7.11. The SMILES string of the molecule is Cc1ccc(NC2CCN3CCCCC23)c(N)c1. The van der Waals surface area contributed by atoms with E-state index >= 15 is 0 Å². The van der Waals surface area contributed by atoms with Crippen LogP contribution in [0.4, 0.5) is 11.4 Å². The van der Waals surface area contributed by atoms with Crippen molar-refractivity contribution in [3.8, 4) is 0 Å². The summed E-state index contributed by atoms with van der Waals surface area (Å²) in [5, 5.41) is 3.67. The minimum absolute atomic E-state index is 0.579. The van der Waals surface area contributed by atoms with Crippen LogP contribution in [-0.4, -0.2) is 30.1 Å². The smallest absolute Gasteiger partial charge is 0.0576 e. The average molecular weight is 245 g/mol. The topological polar surface area (TPSA) is 41.3 Å². The summed E-state index contributed by atoms with van der Waals surface area (Å²) in [6.45, 7) is 4.61. The molecule has 2 fully saturated rings. The molecular weight excluding hydrogens is 222 g/mol. The van der Waals surface area contributed by atoms with E-state index in [2.05, 4.69) is 35.3 Å². The second-order valence-corrected chi connectivity index (χ2v) is 5.73. The molecule has 18 heavy (non-hydrogen) atoms. The Labute approximate surface area is 109 Å². The minimum Gasteiger partial charge on any atom is -0.397 e. The molecule has 0 bridgehead atoms. The molecule has 1 aromatic rings. The predicted molar refractivity (Wildman–Crippen MR) is 76.8 cm³/mol. The van der Waals surface area contributed by atoms with Crippen molar-refractivity contribution in [2.45, 2.75) is 44.7 Å². The highest BCUT2D eigenvalue weighted by Gasteiger charge is 2.35. The maximum absolute atomic E-state index is 6.09. The van der Waals surface area contributed by atoms with Crippen LogP contribution >= 0.6 is 0 Å². The van der Waals surface area contributed by atoms with Crippen LogP contribution in [0, 0.1) is 6.92 Å². The standard InChI is InChI=1S/C15H23N3/c1-11-5-6-13(12(16)10-11)17-14-7-9-18-8-3-2-4-15(14)18/h5-6,10,14-15,17H,2-4,7-9,16H2,1H3. The highest BCUT2D eigenvalue weighted by Crippen LogP contribution is 2.30. The lowest BCUT2D eigenvalue weighted by Crippen LogP contribution is -2.41. The fourth-order valence-electron chi connectivity index (χ4n) is 3.43. The van der Waals surface area contributed by atoms with Crippen LogP contribution < -0.4 is 11.1 Å². The van der Waals surface area contributed by atoms with Gasteiger partial charge in [-0.3, -0.25) is 4.90 Å². The molecule has 98 valence electrons. The number of hydrogen-bond acceptors (Lipinski definition) is 3. The van der Waals surface area contributed by atoms with E-state index in [1.807, 2.05) is 0 Å². The molecule has 1 aromatic carbocycles. The molecule has 0 saturated carbocycles. The number of nitrogens with zero attached hydrogens (tertiary/aromatic N) is 1. The number of anilines is 2. The van der Waals surface area contributed by atoms with E-state index in [4.69, 9.17) is 5.73 Å². The van der Waals surface area contributed by atoms with E-state index < -0.39 is 0 Å². The van der Waals surface area contributed by atoms with Gasteiger partial charge >= 0.3 is 0 Å². The zero-order valence-electron chi connectivity index (χ0n) is 11.2. The molecular formula is C15H23N3. The van der Waals surface area contributed by atoms with E-state index in [-0.39, 0.29) is 0 Å². The molecule has 0 aromatic heterocycles. The number of aryl methyl sites for hydroxylation is 1. The third-order valence-electron chi connectivity index (χ3n) is 4.40. The first-order valence-corrected chi connectivity index (χ1v) is 7.11. The molecule has 0 amide bonds. The summed E-state index contributed by atoms with van der Waals surface area (Å²) in [6.07, 6.45) is 5.33. The largest absolute Gasteiger partial charge is 0.397 e. The van der Waals surface area contributed by atoms with Gasteiger partial charge in [0.15, 0.2) is 0 Å². The number of nitrogens with two attached hydrogens (primary N) is 1. The van der Waals surface area contributed by atoms with Gasteiger partial charge in [0.1, 0.15) is 0 Å². The second-order valence-electron chi connectivity index (χ2n) is 5.73. The van der Waals surface area contributed by atoms with E-state index in [0.717, 1.165) is 17.4 Å². The van der Waals surface area contributed by atoms with Crippen LogP contribution in [0.25, 0.3) is 0 Å². The average Bonchev–Trinajstić information content (AvgIpc) is 2.76. The maximum atomic E-state index is 6.09. The number of piperidine rings is 1. The van der Waals surface area contributed by atoms with E-state index in [0.29, 0.717) is 6.04 Å². The Morgan fingerprint density at radius 3 is 2.94 bits per heavy atom. The van der Waals surface area contributed by atoms with Crippen LogP contribution in [0.5, 0.6) is 0 Å². The summed E-state index contributed by atoms with van der Waals surface area (Å²) in [7, 11) is 0. The lowest BCUT2D eigenvalue weighted by molar-refractivity contribution is 0.193. The second kappa shape index (κ2) is 4.81. The molecule has 3 N–H and O–H groups in total. The van der Waals surface area contributed by atoms with Gasteiger partial charge in [-0.2, -0.15) is 0 Å². The van der Waals surface area contributed by atoms with Crippen molar-refractivity contribution in [2.75, 3.05) is 24.1 Å². The van der Waals surface area contributed by atoms with Gasteiger partial charge in [-0.1, -0.05) is 12.5 Å². The summed E-state index contributed by atoms with van der Waals surface area (Å²) in [6, 6.07) is 7.60. The van der Waals surface area contributed by atoms with Crippen molar-refractivity contribution in [2.24, 2.45) is 0 Å². The predicted octanol–water partition coefficient (Wildman–Crippen LogP) is 2.62. The number of rotatable bonds is 2. The monoisotopic (exact) mass is 245 g/mol. The molecule has 0 radical (unpaired) electrons. The zero-order chi connectivity index (χ0) is 12.5. The first kappa shape index (κ1) is 11.8. The van der Waals surface area contributed by atoms with Crippen LogP contribution in [0.15, 0.2) is 18.2 Å². The summed E-state index contributed by atoms with van der Waals surface area (Å²) >= 11 is 0. The molecule has 3 heteroatoms. The highest BCUT2D eigenvalue weighted by molar-refractivity contribution is 5.67. The van der Waals surface area contributed by atoms with Gasteiger partial charge in [0.2, 0.25) is 0 Å². The fraction of sp³-hybridized carbons (Fsp3) is 0.600. The Morgan fingerprint density at radius 1 is 1.22 bits per heavy atom. The first-order chi connectivity index (χ1) is 8.74. The Bertz CT molecular complexity index is 430. The van der Waals surface area contributed by atoms with Gasteiger partial charge < -0.3 is 11.1 Å². The Hall–Kier alpha value is -1.22. The lowest BCUT2D eigenvalue weighted by atomic mass is 9.98. The zero-order valence-corrected chi connectivity index (χ0v) is 11.2. The maximum Gasteiger partial charge on any atom is 0.0576 e. The third-order valence-corrected chi connectivity index (χ3v) is 4.40. The van der Waals surface area contributed by atoms with E-state index in [9.17, 15) is 0 Å². The quantitative estimate of drug-likeness (QED) is 0.787. The van der Waals surface area contributed by atoms with Crippen molar-refractivity contribution in [1.82, 2.24) is 4.90 Å². The molecule has 0 spiro atoms. The summed E-state index contributed by atoms with van der Waals surface area (Å²) in [4.78, 5) is 2.64. The minimum atomic E-state index is 0.579. The Kier molecular flexibility index (Phi) is 3.16. The van der Waals surface area contributed by atoms with Crippen molar-refractivity contribution >= 4 is 11.4 Å². The molecule has 2 saturated heterocycles. The molecule has 3 nitrogen and oxygen atoms in total. The van der Waals surface area contributed by atoms with Crippen molar-refractivity contribution < 1.29 is 0 Å². The Morgan fingerprint density at radius 2 is 2.11 bits per heavy atom. The normalized spacial score (nSPS) is 28.1. The Balaban J connectivity index is 1.72. The summed E-state index contributed by atoms with van der Waals surface area (Å²) in [5.74, 6) is 0. The number of nitrogens with one attached hydrogen (secondary N) is 1. The molecule has 0 aliphatic carbocycles. The molecule has 2 aliphatic heterocycles. The third kappa shape index (κ3) is 2.19. The van der Waals surface area contributed by atoms with E-state index in [1.54, 1.807) is 0 Å². The van der Waals surface area contributed by atoms with Crippen molar-refractivity contribution in [1.29, 1.82) is 0 Å². The highest BCUT2D eigenvalue weighted by atomic mass is 15.2. The molecule has 2 heterocycles. The molecule has 2 aliphatic rings. The van der Waals surface area contributed by atoms with Gasteiger partial charge in [-0.25, -0.2) is 0 Å². The number of fused-ring (bicyclic) bond motifs is 1. The molecule has 2 atom stereocenters. The molecule has 3 rings (SSSR count). The van der Waals surface area contributed by atoms with Crippen molar-refractivity contribution in [3.05, 3.63) is 23.8 Å².